The van der Waals surface area contributed by atoms with Crippen molar-refractivity contribution < 1.29 is 9.18 Å². The molecule has 0 atom stereocenters. The lowest BCUT2D eigenvalue weighted by Crippen LogP contribution is -2.12. The van der Waals surface area contributed by atoms with Crippen molar-refractivity contribution in [1.82, 2.24) is 0 Å². The van der Waals surface area contributed by atoms with E-state index < -0.39 is 0 Å². The zero-order valence-electron chi connectivity index (χ0n) is 9.38. The highest BCUT2D eigenvalue weighted by Crippen LogP contribution is 2.23. The van der Waals surface area contributed by atoms with E-state index in [0.29, 0.717) is 19.8 Å². The Kier molecular flexibility index (Phi) is 4.81. The van der Waals surface area contributed by atoms with Gasteiger partial charge in [-0.05, 0) is 59.0 Å². The minimum Gasteiger partial charge on any atom is -0.321 e. The van der Waals surface area contributed by atoms with E-state index in [0.717, 1.165) is 4.47 Å². The molecule has 0 aliphatic carbocycles. The topological polar surface area (TPSA) is 29.1 Å². The molecule has 0 heterocycles. The van der Waals surface area contributed by atoms with Gasteiger partial charge < -0.3 is 5.32 Å². The van der Waals surface area contributed by atoms with Crippen molar-refractivity contribution in [2.75, 3.05) is 5.32 Å². The standard InChI is InChI=1S/C13H7BrClFINO/c14-8-3-7(4-9(15)5-8)13(19)18-12-2-1-10(16)6-11(12)17/h1-6H,(H,18,19). The molecule has 0 bridgehead atoms. The second-order valence-electron chi connectivity index (χ2n) is 3.74. The number of halogens is 4. The first-order valence-corrected chi connectivity index (χ1v) is 7.43. The molecule has 0 saturated carbocycles. The van der Waals surface area contributed by atoms with Gasteiger partial charge in [0.15, 0.2) is 0 Å². The van der Waals surface area contributed by atoms with Gasteiger partial charge in [0.25, 0.3) is 5.91 Å². The summed E-state index contributed by atoms with van der Waals surface area (Å²) >= 11 is 11.1. The summed E-state index contributed by atoms with van der Waals surface area (Å²) in [5, 5.41) is 3.18. The number of hydrogen-bond acceptors (Lipinski definition) is 1. The van der Waals surface area contributed by atoms with E-state index in [4.69, 9.17) is 11.6 Å². The van der Waals surface area contributed by atoms with Crippen LogP contribution in [0.5, 0.6) is 0 Å². The third-order valence-corrected chi connectivity index (χ3v) is 3.87. The van der Waals surface area contributed by atoms with E-state index in [1.54, 1.807) is 18.2 Å². The second-order valence-corrected chi connectivity index (χ2v) is 6.25. The molecule has 0 aliphatic heterocycles. The predicted octanol–water partition coefficient (Wildman–Crippen LogP) is 5.10. The number of amides is 1. The van der Waals surface area contributed by atoms with Gasteiger partial charge in [0.1, 0.15) is 5.82 Å². The second kappa shape index (κ2) is 6.19. The van der Waals surface area contributed by atoms with Gasteiger partial charge in [0, 0.05) is 18.6 Å². The van der Waals surface area contributed by atoms with Crippen LogP contribution in [-0.4, -0.2) is 5.91 Å². The summed E-state index contributed by atoms with van der Waals surface area (Å²) in [4.78, 5) is 12.1. The number of hydrogen-bond donors (Lipinski definition) is 1. The summed E-state index contributed by atoms with van der Waals surface area (Å²) in [6.45, 7) is 0. The molecule has 2 rings (SSSR count). The van der Waals surface area contributed by atoms with Gasteiger partial charge in [0.2, 0.25) is 0 Å². The molecule has 0 radical (unpaired) electrons. The summed E-state index contributed by atoms with van der Waals surface area (Å²) in [5.41, 5.74) is 0.989. The third-order valence-electron chi connectivity index (χ3n) is 2.30. The molecule has 0 saturated heterocycles. The Hall–Kier alpha value is -0.660. The van der Waals surface area contributed by atoms with Crippen LogP contribution in [0.1, 0.15) is 10.4 Å². The fourth-order valence-electron chi connectivity index (χ4n) is 1.47. The van der Waals surface area contributed by atoms with Crippen LogP contribution in [0.3, 0.4) is 0 Å². The monoisotopic (exact) mass is 453 g/mol. The van der Waals surface area contributed by atoms with Crippen molar-refractivity contribution in [2.24, 2.45) is 0 Å². The molecule has 6 heteroatoms. The lowest BCUT2D eigenvalue weighted by molar-refractivity contribution is 0.102. The van der Waals surface area contributed by atoms with Crippen LogP contribution in [0.2, 0.25) is 5.02 Å². The van der Waals surface area contributed by atoms with Gasteiger partial charge in [-0.2, -0.15) is 0 Å². The van der Waals surface area contributed by atoms with Crippen LogP contribution in [0.15, 0.2) is 40.9 Å². The Balaban J connectivity index is 2.25. The Morgan fingerprint density at radius 3 is 2.63 bits per heavy atom. The fraction of sp³-hybridized carbons (Fsp3) is 0. The lowest BCUT2D eigenvalue weighted by atomic mass is 10.2. The summed E-state index contributed by atoms with van der Waals surface area (Å²) < 4.78 is 14.3. The van der Waals surface area contributed by atoms with E-state index in [2.05, 4.69) is 21.2 Å². The number of rotatable bonds is 2. The molecule has 1 N–H and O–H groups in total. The van der Waals surface area contributed by atoms with E-state index in [1.807, 2.05) is 22.6 Å². The maximum absolute atomic E-state index is 13.0. The molecule has 2 aromatic rings. The highest BCUT2D eigenvalue weighted by molar-refractivity contribution is 14.1. The van der Waals surface area contributed by atoms with Gasteiger partial charge in [-0.25, -0.2) is 4.39 Å². The van der Waals surface area contributed by atoms with E-state index in [1.165, 1.54) is 18.2 Å². The molecule has 0 aromatic heterocycles. The van der Waals surface area contributed by atoms with Crippen LogP contribution < -0.4 is 5.32 Å². The van der Waals surface area contributed by atoms with Crippen LogP contribution in [-0.2, 0) is 0 Å². The molecule has 2 aromatic carbocycles. The zero-order chi connectivity index (χ0) is 14.0. The average Bonchev–Trinajstić information content (AvgIpc) is 2.31. The molecule has 0 unspecified atom stereocenters. The number of carbonyl (C=O) groups is 1. The SMILES string of the molecule is O=C(Nc1ccc(F)cc1I)c1cc(Cl)cc(Br)c1. The number of nitrogens with one attached hydrogen (secondary N) is 1. The summed E-state index contributed by atoms with van der Waals surface area (Å²) in [6, 6.07) is 9.10. The molecule has 19 heavy (non-hydrogen) atoms. The average molecular weight is 454 g/mol. The van der Waals surface area contributed by atoms with Gasteiger partial charge in [0.05, 0.1) is 5.69 Å². The van der Waals surface area contributed by atoms with Gasteiger partial charge >= 0.3 is 0 Å². The quantitative estimate of drug-likeness (QED) is 0.629. The van der Waals surface area contributed by atoms with Crippen molar-refractivity contribution in [3.05, 3.63) is 60.8 Å². The Morgan fingerprint density at radius 2 is 2.00 bits per heavy atom. The molecule has 0 aliphatic rings. The first kappa shape index (κ1) is 14.7. The maximum Gasteiger partial charge on any atom is 0.255 e. The van der Waals surface area contributed by atoms with Crippen LogP contribution in [0.25, 0.3) is 0 Å². The lowest BCUT2D eigenvalue weighted by Gasteiger charge is -2.08. The predicted molar refractivity (Wildman–Crippen MR) is 86.2 cm³/mol. The zero-order valence-corrected chi connectivity index (χ0v) is 13.9. The first-order chi connectivity index (χ1) is 8.95. The third kappa shape index (κ3) is 3.90. The molecule has 98 valence electrons. The van der Waals surface area contributed by atoms with E-state index in [-0.39, 0.29) is 11.7 Å². The highest BCUT2D eigenvalue weighted by Gasteiger charge is 2.10. The minimum atomic E-state index is -0.340. The Labute approximate surface area is 136 Å². The summed E-state index contributed by atoms with van der Waals surface area (Å²) in [6.07, 6.45) is 0. The number of benzene rings is 2. The van der Waals surface area contributed by atoms with Crippen LogP contribution in [0.4, 0.5) is 10.1 Å². The van der Waals surface area contributed by atoms with Crippen molar-refractivity contribution in [1.29, 1.82) is 0 Å². The van der Waals surface area contributed by atoms with Crippen LogP contribution in [0, 0.1) is 9.39 Å². The molecular weight excluding hydrogens is 447 g/mol. The van der Waals surface area contributed by atoms with Gasteiger partial charge in [-0.15, -0.1) is 0 Å². The highest BCUT2D eigenvalue weighted by atomic mass is 127. The minimum absolute atomic E-state index is 0.298. The molecule has 0 fully saturated rings. The maximum atomic E-state index is 13.0. The van der Waals surface area contributed by atoms with Crippen LogP contribution >= 0.6 is 50.1 Å². The number of carbonyl (C=O) groups excluding carboxylic acids is 1. The van der Waals surface area contributed by atoms with Crippen molar-refractivity contribution in [2.45, 2.75) is 0 Å². The van der Waals surface area contributed by atoms with Gasteiger partial charge in [-0.1, -0.05) is 27.5 Å². The molecular formula is C13H7BrClFINO. The first-order valence-electron chi connectivity index (χ1n) is 5.18. The van der Waals surface area contributed by atoms with Crippen molar-refractivity contribution >= 4 is 61.7 Å². The summed E-state index contributed by atoms with van der Waals surface area (Å²) in [5.74, 6) is -0.638. The fourth-order valence-corrected chi connectivity index (χ4v) is 2.94. The summed E-state index contributed by atoms with van der Waals surface area (Å²) in [7, 11) is 0. The van der Waals surface area contributed by atoms with E-state index >= 15 is 0 Å². The van der Waals surface area contributed by atoms with Crippen molar-refractivity contribution in [3.63, 3.8) is 0 Å². The van der Waals surface area contributed by atoms with Crippen molar-refractivity contribution in [3.8, 4) is 0 Å². The normalized spacial score (nSPS) is 10.3. The molecule has 2 nitrogen and oxygen atoms in total. The largest absolute Gasteiger partial charge is 0.321 e. The molecule has 1 amide bonds. The molecule has 0 spiro atoms. The Bertz CT molecular complexity index is 630. The number of anilines is 1. The van der Waals surface area contributed by atoms with Gasteiger partial charge in [-0.3, -0.25) is 4.79 Å². The Morgan fingerprint density at radius 1 is 1.26 bits per heavy atom. The van der Waals surface area contributed by atoms with E-state index in [9.17, 15) is 9.18 Å². The smallest absolute Gasteiger partial charge is 0.255 e.